The number of Topliss-reactive ketones (excluding diaryl/α,β-unsaturated/α-hetero) is 1. The lowest BCUT2D eigenvalue weighted by atomic mass is 9.89. The van der Waals surface area contributed by atoms with Crippen LogP contribution in [0.15, 0.2) is 58.7 Å². The fourth-order valence-corrected chi connectivity index (χ4v) is 4.39. The molecule has 1 fully saturated rings. The van der Waals surface area contributed by atoms with Crippen LogP contribution in [0, 0.1) is 0 Å². The zero-order valence-electron chi connectivity index (χ0n) is 15.4. The molecule has 2 aliphatic rings. The maximum atomic E-state index is 12.7. The Bertz CT molecular complexity index is 954. The Balaban J connectivity index is 1.38. The summed E-state index contributed by atoms with van der Waals surface area (Å²) < 4.78 is 0. The molecule has 1 saturated heterocycles. The Morgan fingerprint density at radius 3 is 2.71 bits per heavy atom. The Kier molecular flexibility index (Phi) is 5.67. The molecule has 6 heteroatoms. The van der Waals surface area contributed by atoms with E-state index in [2.05, 4.69) is 21.6 Å². The van der Waals surface area contributed by atoms with Crippen molar-refractivity contribution in [2.45, 2.75) is 37.4 Å². The van der Waals surface area contributed by atoms with Crippen LogP contribution in [0.4, 0.5) is 0 Å². The largest absolute Gasteiger partial charge is 0.303 e. The Morgan fingerprint density at radius 2 is 1.89 bits per heavy atom. The number of thioether (sulfide) groups is 1. The monoisotopic (exact) mass is 391 g/mol. The molecule has 0 saturated carbocycles. The molecular weight excluding hydrogens is 370 g/mol. The van der Waals surface area contributed by atoms with Gasteiger partial charge in [-0.3, -0.25) is 9.59 Å². The van der Waals surface area contributed by atoms with Crippen LogP contribution in [0.1, 0.15) is 46.3 Å². The van der Waals surface area contributed by atoms with Crippen molar-refractivity contribution in [2.75, 3.05) is 0 Å². The summed E-state index contributed by atoms with van der Waals surface area (Å²) in [6.07, 6.45) is 6.31. The number of rotatable bonds is 5. The number of amides is 1. The van der Waals surface area contributed by atoms with E-state index in [0.29, 0.717) is 10.7 Å². The molecule has 2 aromatic rings. The minimum atomic E-state index is -0.464. The van der Waals surface area contributed by atoms with Crippen molar-refractivity contribution >= 4 is 34.8 Å². The molecule has 0 radical (unpaired) electrons. The number of amidine groups is 1. The van der Waals surface area contributed by atoms with Gasteiger partial charge in [0.15, 0.2) is 11.0 Å². The third-order valence-electron chi connectivity index (χ3n) is 4.97. The van der Waals surface area contributed by atoms with Gasteiger partial charge in [0.2, 0.25) is 5.91 Å². The number of carbonyl (C=O) groups excluding carboxylic acids is 2. The van der Waals surface area contributed by atoms with Gasteiger partial charge in [0.1, 0.15) is 0 Å². The SMILES string of the molecule is O=C(CC1S/C(=N\N=C\c2ccccc2)NC1=O)c1ccc2c(c1)CCCC2. The molecule has 2 aromatic carbocycles. The van der Waals surface area contributed by atoms with Crippen LogP contribution in [0.5, 0.6) is 0 Å². The van der Waals surface area contributed by atoms with E-state index >= 15 is 0 Å². The highest BCUT2D eigenvalue weighted by molar-refractivity contribution is 8.15. The summed E-state index contributed by atoms with van der Waals surface area (Å²) in [6, 6.07) is 15.6. The van der Waals surface area contributed by atoms with Crippen LogP contribution in [0.3, 0.4) is 0 Å². The van der Waals surface area contributed by atoms with Crippen molar-refractivity contribution in [1.29, 1.82) is 0 Å². The normalized spacial score (nSPS) is 20.4. The van der Waals surface area contributed by atoms with Gasteiger partial charge < -0.3 is 5.32 Å². The second-order valence-corrected chi connectivity index (χ2v) is 8.17. The Hall–Kier alpha value is -2.73. The molecular formula is C22H21N3O2S. The highest BCUT2D eigenvalue weighted by Gasteiger charge is 2.32. The predicted octanol–water partition coefficient (Wildman–Crippen LogP) is 3.76. The van der Waals surface area contributed by atoms with Gasteiger partial charge in [-0.25, -0.2) is 0 Å². The van der Waals surface area contributed by atoms with Crippen molar-refractivity contribution in [2.24, 2.45) is 10.2 Å². The molecule has 1 unspecified atom stereocenters. The molecule has 1 atom stereocenters. The van der Waals surface area contributed by atoms with E-state index in [9.17, 15) is 9.59 Å². The molecule has 1 amide bonds. The smallest absolute Gasteiger partial charge is 0.240 e. The molecule has 1 N–H and O–H groups in total. The van der Waals surface area contributed by atoms with Crippen LogP contribution >= 0.6 is 11.8 Å². The van der Waals surface area contributed by atoms with Crippen LogP contribution in [0.2, 0.25) is 0 Å². The molecule has 28 heavy (non-hydrogen) atoms. The quantitative estimate of drug-likeness (QED) is 0.479. The zero-order chi connectivity index (χ0) is 19.3. The van der Waals surface area contributed by atoms with Crippen molar-refractivity contribution in [1.82, 2.24) is 5.32 Å². The molecule has 0 spiro atoms. The molecule has 0 bridgehead atoms. The third-order valence-corrected chi connectivity index (χ3v) is 6.04. The maximum Gasteiger partial charge on any atom is 0.240 e. The molecule has 0 aromatic heterocycles. The average molecular weight is 391 g/mol. The number of carbonyl (C=O) groups is 2. The fourth-order valence-electron chi connectivity index (χ4n) is 3.47. The van der Waals surface area contributed by atoms with E-state index < -0.39 is 5.25 Å². The highest BCUT2D eigenvalue weighted by Crippen LogP contribution is 2.26. The molecule has 1 aliphatic heterocycles. The summed E-state index contributed by atoms with van der Waals surface area (Å²) in [7, 11) is 0. The third kappa shape index (κ3) is 4.39. The van der Waals surface area contributed by atoms with Crippen molar-refractivity contribution < 1.29 is 9.59 Å². The number of nitrogens with zero attached hydrogens (tertiary/aromatic N) is 2. The van der Waals surface area contributed by atoms with Crippen LogP contribution in [-0.4, -0.2) is 28.3 Å². The van der Waals surface area contributed by atoms with Gasteiger partial charge in [-0.15, -0.1) is 5.10 Å². The zero-order valence-corrected chi connectivity index (χ0v) is 16.2. The van der Waals surface area contributed by atoms with E-state index in [0.717, 1.165) is 18.4 Å². The number of benzene rings is 2. The lowest BCUT2D eigenvalue weighted by Crippen LogP contribution is -2.26. The predicted molar refractivity (Wildman–Crippen MR) is 113 cm³/mol. The fraction of sp³-hybridized carbons (Fsp3) is 0.273. The van der Waals surface area contributed by atoms with Gasteiger partial charge in [0.25, 0.3) is 0 Å². The summed E-state index contributed by atoms with van der Waals surface area (Å²) in [6.45, 7) is 0. The molecule has 5 nitrogen and oxygen atoms in total. The van der Waals surface area contributed by atoms with Crippen LogP contribution in [-0.2, 0) is 17.6 Å². The summed E-state index contributed by atoms with van der Waals surface area (Å²) in [5.41, 5.74) is 4.25. The molecule has 1 heterocycles. The minimum absolute atomic E-state index is 0.00457. The first-order valence-electron chi connectivity index (χ1n) is 9.47. The number of nitrogens with one attached hydrogen (secondary N) is 1. The average Bonchev–Trinajstić information content (AvgIpc) is 3.07. The number of aryl methyl sites for hydroxylation is 2. The van der Waals surface area contributed by atoms with Crippen LogP contribution in [0.25, 0.3) is 0 Å². The maximum absolute atomic E-state index is 12.7. The van der Waals surface area contributed by atoms with E-state index in [4.69, 9.17) is 0 Å². The first-order chi connectivity index (χ1) is 13.7. The molecule has 1 aliphatic carbocycles. The summed E-state index contributed by atoms with van der Waals surface area (Å²) in [4.78, 5) is 24.9. The first-order valence-corrected chi connectivity index (χ1v) is 10.4. The van der Waals surface area contributed by atoms with Gasteiger partial charge in [0, 0.05) is 12.0 Å². The number of hydrogen-bond donors (Lipinski definition) is 1. The minimum Gasteiger partial charge on any atom is -0.303 e. The van der Waals surface area contributed by atoms with Gasteiger partial charge in [0.05, 0.1) is 11.5 Å². The summed E-state index contributed by atoms with van der Waals surface area (Å²) >= 11 is 1.26. The van der Waals surface area contributed by atoms with Crippen molar-refractivity contribution in [3.63, 3.8) is 0 Å². The number of hydrogen-bond acceptors (Lipinski definition) is 5. The van der Waals surface area contributed by atoms with Crippen molar-refractivity contribution in [3.05, 3.63) is 70.8 Å². The van der Waals surface area contributed by atoms with E-state index in [-0.39, 0.29) is 18.1 Å². The van der Waals surface area contributed by atoms with E-state index in [1.54, 1.807) is 6.21 Å². The van der Waals surface area contributed by atoms with E-state index in [1.807, 2.05) is 42.5 Å². The summed E-state index contributed by atoms with van der Waals surface area (Å²) in [5, 5.41) is 10.8. The number of ketones is 1. The van der Waals surface area contributed by atoms with Gasteiger partial charge in [-0.2, -0.15) is 5.10 Å². The Labute approximate surface area is 168 Å². The molecule has 4 rings (SSSR count). The lowest BCUT2D eigenvalue weighted by Gasteiger charge is -2.16. The lowest BCUT2D eigenvalue weighted by molar-refractivity contribution is -0.118. The van der Waals surface area contributed by atoms with Gasteiger partial charge in [-0.1, -0.05) is 54.2 Å². The standard InChI is InChI=1S/C22H21N3O2S/c26-19(18-11-10-16-8-4-5-9-17(16)12-18)13-20-21(27)24-22(28-20)25-23-14-15-6-2-1-3-7-15/h1-3,6-7,10-12,14,20H,4-5,8-9,13H2,(H,24,25,27)/b23-14+. The van der Waals surface area contributed by atoms with Crippen LogP contribution < -0.4 is 5.32 Å². The Morgan fingerprint density at radius 1 is 1.11 bits per heavy atom. The highest BCUT2D eigenvalue weighted by atomic mass is 32.2. The van der Waals surface area contributed by atoms with Gasteiger partial charge >= 0.3 is 0 Å². The first kappa shape index (κ1) is 18.6. The second kappa shape index (κ2) is 8.52. The number of fused-ring (bicyclic) bond motifs is 1. The summed E-state index contributed by atoms with van der Waals surface area (Å²) in [5.74, 6) is -0.194. The second-order valence-electron chi connectivity index (χ2n) is 6.97. The van der Waals surface area contributed by atoms with Crippen molar-refractivity contribution in [3.8, 4) is 0 Å². The van der Waals surface area contributed by atoms with E-state index in [1.165, 1.54) is 35.7 Å². The van der Waals surface area contributed by atoms with Gasteiger partial charge in [-0.05, 0) is 48.4 Å². The topological polar surface area (TPSA) is 70.9 Å². The molecule has 142 valence electrons.